The number of nitrogens with zero attached hydrogens (tertiary/aromatic N) is 5. The van der Waals surface area contributed by atoms with E-state index in [0.717, 1.165) is 11.0 Å². The predicted molar refractivity (Wildman–Crippen MR) is 80.2 cm³/mol. The molecule has 0 aliphatic rings. The number of H-pyrrole nitrogens is 1. The standard InChI is InChI=1S/C7H6N2.2C4H4N2/c1-2-4-7-6(3-1)8-5-9-7;2*1-2-5-4-6-3-1/h1-5H,(H,8,9);2*1-4H. The predicted octanol–water partition coefficient (Wildman–Crippen LogP) is 2.52. The summed E-state index contributed by atoms with van der Waals surface area (Å²) < 4.78 is 0. The van der Waals surface area contributed by atoms with Crippen LogP contribution >= 0.6 is 0 Å². The van der Waals surface area contributed by atoms with Crippen LogP contribution in [0.15, 0.2) is 80.2 Å². The van der Waals surface area contributed by atoms with Gasteiger partial charge < -0.3 is 4.98 Å². The smallest absolute Gasteiger partial charge is 0.115 e. The van der Waals surface area contributed by atoms with E-state index in [0.29, 0.717) is 0 Å². The monoisotopic (exact) mass is 278 g/mol. The molecule has 0 saturated carbocycles. The molecule has 0 bridgehead atoms. The maximum Gasteiger partial charge on any atom is 0.115 e. The minimum atomic E-state index is 1.03. The van der Waals surface area contributed by atoms with Gasteiger partial charge in [-0.05, 0) is 24.3 Å². The summed E-state index contributed by atoms with van der Waals surface area (Å²) in [6.07, 6.45) is 11.4. The van der Waals surface area contributed by atoms with Gasteiger partial charge in [-0.2, -0.15) is 0 Å². The highest BCUT2D eigenvalue weighted by molar-refractivity contribution is 5.73. The first kappa shape index (κ1) is 14.3. The Balaban J connectivity index is 0.000000120. The van der Waals surface area contributed by atoms with Crippen molar-refractivity contribution in [3.63, 3.8) is 0 Å². The number of nitrogens with one attached hydrogen (secondary N) is 1. The lowest BCUT2D eigenvalue weighted by Crippen LogP contribution is -1.66. The zero-order valence-electron chi connectivity index (χ0n) is 11.2. The lowest BCUT2D eigenvalue weighted by Gasteiger charge is -1.81. The number of aromatic amines is 1. The van der Waals surface area contributed by atoms with Gasteiger partial charge in [-0.15, -0.1) is 0 Å². The number of benzene rings is 1. The van der Waals surface area contributed by atoms with Crippen LogP contribution in [0.5, 0.6) is 0 Å². The SMILES string of the molecule is c1ccc2[nH]cnc2c1.c1cncnc1.c1cncnc1. The molecule has 21 heavy (non-hydrogen) atoms. The van der Waals surface area contributed by atoms with Crippen LogP contribution in [-0.2, 0) is 0 Å². The van der Waals surface area contributed by atoms with Gasteiger partial charge in [0.1, 0.15) is 12.7 Å². The van der Waals surface area contributed by atoms with Gasteiger partial charge in [0, 0.05) is 24.8 Å². The second-order valence-corrected chi connectivity index (χ2v) is 3.73. The summed E-state index contributed by atoms with van der Waals surface area (Å²) in [5.41, 5.74) is 2.12. The van der Waals surface area contributed by atoms with E-state index in [9.17, 15) is 0 Å². The van der Waals surface area contributed by atoms with Crippen molar-refractivity contribution in [1.29, 1.82) is 0 Å². The third-order valence-electron chi connectivity index (χ3n) is 2.28. The third kappa shape index (κ3) is 5.56. The van der Waals surface area contributed by atoms with Gasteiger partial charge in [-0.3, -0.25) is 0 Å². The Morgan fingerprint density at radius 1 is 0.667 bits per heavy atom. The van der Waals surface area contributed by atoms with Crippen molar-refractivity contribution < 1.29 is 0 Å². The molecule has 4 aromatic rings. The molecule has 0 saturated heterocycles. The average Bonchev–Trinajstić information content (AvgIpc) is 3.08. The van der Waals surface area contributed by atoms with Crippen LogP contribution in [0.3, 0.4) is 0 Å². The number of hydrogen-bond donors (Lipinski definition) is 1. The Morgan fingerprint density at radius 2 is 1.24 bits per heavy atom. The average molecular weight is 278 g/mol. The molecular formula is C15H14N6. The Hall–Kier alpha value is -3.15. The van der Waals surface area contributed by atoms with E-state index in [1.807, 2.05) is 24.3 Å². The summed E-state index contributed by atoms with van der Waals surface area (Å²) in [5.74, 6) is 0. The topological polar surface area (TPSA) is 80.2 Å². The molecule has 3 aromatic heterocycles. The van der Waals surface area contributed by atoms with Crippen LogP contribution in [0.1, 0.15) is 0 Å². The van der Waals surface area contributed by atoms with Gasteiger partial charge in [-0.25, -0.2) is 24.9 Å². The fourth-order valence-electron chi connectivity index (χ4n) is 1.39. The Kier molecular flexibility index (Phi) is 6.02. The van der Waals surface area contributed by atoms with Crippen molar-refractivity contribution in [2.45, 2.75) is 0 Å². The third-order valence-corrected chi connectivity index (χ3v) is 2.28. The summed E-state index contributed by atoms with van der Waals surface area (Å²) in [4.78, 5) is 21.8. The number of hydrogen-bond acceptors (Lipinski definition) is 5. The number of para-hydroxylation sites is 2. The molecule has 6 nitrogen and oxygen atoms in total. The van der Waals surface area contributed by atoms with Crippen molar-refractivity contribution in [2.24, 2.45) is 0 Å². The van der Waals surface area contributed by atoms with Crippen molar-refractivity contribution in [3.05, 3.63) is 80.2 Å². The minimum absolute atomic E-state index is 1.03. The van der Waals surface area contributed by atoms with E-state index in [1.165, 1.54) is 12.7 Å². The highest BCUT2D eigenvalue weighted by Crippen LogP contribution is 2.05. The van der Waals surface area contributed by atoms with Crippen molar-refractivity contribution >= 4 is 11.0 Å². The molecule has 3 heterocycles. The first-order chi connectivity index (χ1) is 10.5. The summed E-state index contributed by atoms with van der Waals surface area (Å²) in [7, 11) is 0. The molecule has 1 aromatic carbocycles. The van der Waals surface area contributed by atoms with E-state index in [1.54, 1.807) is 43.2 Å². The lowest BCUT2D eigenvalue weighted by atomic mass is 10.3. The van der Waals surface area contributed by atoms with E-state index in [-0.39, 0.29) is 0 Å². The number of imidazole rings is 1. The van der Waals surface area contributed by atoms with E-state index < -0.39 is 0 Å². The van der Waals surface area contributed by atoms with E-state index >= 15 is 0 Å². The van der Waals surface area contributed by atoms with E-state index in [2.05, 4.69) is 29.9 Å². The molecule has 0 amide bonds. The molecule has 104 valence electrons. The molecule has 0 radical (unpaired) electrons. The second kappa shape index (κ2) is 8.87. The fraction of sp³-hybridized carbons (Fsp3) is 0. The summed E-state index contributed by atoms with van der Waals surface area (Å²) in [6, 6.07) is 11.5. The van der Waals surface area contributed by atoms with Crippen LogP contribution in [0, 0.1) is 0 Å². The maximum absolute atomic E-state index is 4.06. The Labute approximate surface area is 122 Å². The summed E-state index contributed by atoms with van der Waals surface area (Å²) in [6.45, 7) is 0. The molecular weight excluding hydrogens is 264 g/mol. The number of fused-ring (bicyclic) bond motifs is 1. The van der Waals surface area contributed by atoms with Crippen LogP contribution < -0.4 is 0 Å². The summed E-state index contributed by atoms with van der Waals surface area (Å²) in [5, 5.41) is 0. The van der Waals surface area contributed by atoms with Crippen LogP contribution in [0.4, 0.5) is 0 Å². The molecule has 0 aliphatic carbocycles. The zero-order valence-corrected chi connectivity index (χ0v) is 11.2. The highest BCUT2D eigenvalue weighted by Gasteiger charge is 1.88. The first-order valence-electron chi connectivity index (χ1n) is 6.25. The number of aromatic nitrogens is 6. The molecule has 0 atom stereocenters. The van der Waals surface area contributed by atoms with Gasteiger partial charge in [0.2, 0.25) is 0 Å². The molecule has 0 spiro atoms. The largest absolute Gasteiger partial charge is 0.345 e. The first-order valence-corrected chi connectivity index (χ1v) is 6.25. The van der Waals surface area contributed by atoms with E-state index in [4.69, 9.17) is 0 Å². The minimum Gasteiger partial charge on any atom is -0.345 e. The van der Waals surface area contributed by atoms with Crippen molar-refractivity contribution in [3.8, 4) is 0 Å². The molecule has 1 N–H and O–H groups in total. The number of rotatable bonds is 0. The van der Waals surface area contributed by atoms with Gasteiger partial charge in [0.15, 0.2) is 0 Å². The molecule has 0 fully saturated rings. The fourth-order valence-corrected chi connectivity index (χ4v) is 1.39. The van der Waals surface area contributed by atoms with Gasteiger partial charge in [0.05, 0.1) is 17.4 Å². The molecule has 0 aliphatic heterocycles. The molecule has 0 unspecified atom stereocenters. The maximum atomic E-state index is 4.06. The Morgan fingerprint density at radius 3 is 1.67 bits per heavy atom. The lowest BCUT2D eigenvalue weighted by molar-refractivity contribution is 1.17. The van der Waals surface area contributed by atoms with Crippen molar-refractivity contribution in [2.75, 3.05) is 0 Å². The van der Waals surface area contributed by atoms with Crippen LogP contribution in [-0.4, -0.2) is 29.9 Å². The Bertz CT molecular complexity index is 597. The highest BCUT2D eigenvalue weighted by atomic mass is 14.9. The van der Waals surface area contributed by atoms with Crippen molar-refractivity contribution in [1.82, 2.24) is 29.9 Å². The molecule has 4 rings (SSSR count). The normalized spacial score (nSPS) is 8.95. The van der Waals surface area contributed by atoms with Gasteiger partial charge in [0.25, 0.3) is 0 Å². The molecule has 6 heteroatoms. The zero-order chi connectivity index (χ0) is 14.6. The second-order valence-electron chi connectivity index (χ2n) is 3.73. The van der Waals surface area contributed by atoms with Gasteiger partial charge >= 0.3 is 0 Å². The van der Waals surface area contributed by atoms with Crippen LogP contribution in [0.2, 0.25) is 0 Å². The summed E-state index contributed by atoms with van der Waals surface area (Å²) >= 11 is 0. The van der Waals surface area contributed by atoms with Gasteiger partial charge in [-0.1, -0.05) is 12.1 Å². The van der Waals surface area contributed by atoms with Crippen LogP contribution in [0.25, 0.3) is 11.0 Å². The quantitative estimate of drug-likeness (QED) is 0.534.